The molecular formula is C41H50BCl2N3O6-. The average molecular weight is 763 g/mol. The molecule has 2 aliphatic rings. The van der Waals surface area contributed by atoms with Crippen molar-refractivity contribution in [2.45, 2.75) is 89.3 Å². The molecule has 1 radical (unpaired) electrons. The van der Waals surface area contributed by atoms with E-state index in [2.05, 4.69) is 24.8 Å². The predicted molar refractivity (Wildman–Crippen MR) is 211 cm³/mol. The number of ether oxygens (including phenoxy) is 3. The Labute approximate surface area is 325 Å². The second kappa shape index (κ2) is 22.7. The zero-order chi connectivity index (χ0) is 38.0. The molecule has 0 amide bonds. The van der Waals surface area contributed by atoms with Crippen molar-refractivity contribution in [2.75, 3.05) is 14.2 Å². The summed E-state index contributed by atoms with van der Waals surface area (Å²) >= 11 is 12.2. The molecule has 0 aliphatic heterocycles. The fourth-order valence-corrected chi connectivity index (χ4v) is 6.70. The fourth-order valence-electron chi connectivity index (χ4n) is 6.32. The summed E-state index contributed by atoms with van der Waals surface area (Å²) < 4.78 is 15.4. The van der Waals surface area contributed by atoms with Gasteiger partial charge in [-0.1, -0.05) is 109 Å². The molecule has 0 bridgehead atoms. The maximum absolute atomic E-state index is 13.0. The Morgan fingerprint density at radius 2 is 1.32 bits per heavy atom. The van der Waals surface area contributed by atoms with Gasteiger partial charge in [-0.05, 0) is 92.3 Å². The Morgan fingerprint density at radius 3 is 1.83 bits per heavy atom. The number of allylic oxidation sites excluding steroid dienone is 2. The van der Waals surface area contributed by atoms with E-state index < -0.39 is 29.1 Å². The number of nitrogens with two attached hydrogens (primary N) is 1. The van der Waals surface area contributed by atoms with E-state index in [1.54, 1.807) is 42.5 Å². The zero-order valence-electron chi connectivity index (χ0n) is 29.7. The molecule has 283 valence electrons. The van der Waals surface area contributed by atoms with Crippen LogP contribution < -0.4 is 10.8 Å². The number of aliphatic imine (C=N–C) groups is 1. The van der Waals surface area contributed by atoms with Crippen molar-refractivity contribution in [2.24, 2.45) is 10.7 Å². The molecule has 9 nitrogen and oxygen atoms in total. The summed E-state index contributed by atoms with van der Waals surface area (Å²) in [7, 11) is 6.41. The number of esters is 2. The van der Waals surface area contributed by atoms with Gasteiger partial charge in [-0.15, -0.1) is 0 Å². The van der Waals surface area contributed by atoms with Crippen LogP contribution in [0.2, 0.25) is 10.0 Å². The number of methoxy groups -OCH3 is 2. The monoisotopic (exact) mass is 761 g/mol. The number of carbonyl (C=O) groups excluding carboxylic acids is 2. The second-order valence-corrected chi connectivity index (χ2v) is 13.4. The zero-order valence-corrected chi connectivity index (χ0v) is 31.3. The van der Waals surface area contributed by atoms with Crippen LogP contribution >= 0.6 is 23.2 Å². The van der Waals surface area contributed by atoms with Crippen LogP contribution in [0.4, 0.5) is 0 Å². The van der Waals surface area contributed by atoms with E-state index in [0.717, 1.165) is 56.1 Å². The van der Waals surface area contributed by atoms with Crippen molar-refractivity contribution in [3.05, 3.63) is 129 Å². The molecule has 0 heterocycles. The SMILES string of the molecule is C.COC(=O)C(CC1=CCCCC1)(N=C([O-])OCc1ccccc1)c1cccc(Cl)c1.COC(=O)C(N)(CC1=CCCCC1)c1cccc(Cl)c1.[B]=N. The Balaban J connectivity index is 0.000000369. The van der Waals surface area contributed by atoms with Gasteiger partial charge in [-0.25, -0.2) is 14.6 Å². The second-order valence-electron chi connectivity index (χ2n) is 12.6. The molecule has 0 saturated heterocycles. The number of nitrogens with zero attached hydrogens (tertiary/aromatic N) is 1. The first-order valence-corrected chi connectivity index (χ1v) is 17.9. The van der Waals surface area contributed by atoms with Crippen molar-refractivity contribution in [1.82, 2.24) is 0 Å². The van der Waals surface area contributed by atoms with Crippen molar-refractivity contribution in [3.63, 3.8) is 0 Å². The van der Waals surface area contributed by atoms with E-state index in [0.29, 0.717) is 27.6 Å². The van der Waals surface area contributed by atoms with Gasteiger partial charge < -0.3 is 25.1 Å². The maximum atomic E-state index is 13.0. The third kappa shape index (κ3) is 13.0. The number of hydrogen-bond acceptors (Lipinski definition) is 9. The van der Waals surface area contributed by atoms with Crippen LogP contribution in [-0.4, -0.2) is 39.9 Å². The number of hydrogen-bond donors (Lipinski definition) is 2. The van der Waals surface area contributed by atoms with Crippen molar-refractivity contribution < 1.29 is 28.9 Å². The van der Waals surface area contributed by atoms with Gasteiger partial charge in [0.25, 0.3) is 0 Å². The Hall–Kier alpha value is -4.25. The number of halogens is 2. The normalized spacial score (nSPS) is 16.1. The number of benzene rings is 3. The fraction of sp³-hybridized carbons (Fsp3) is 0.390. The number of rotatable bonds is 11. The summed E-state index contributed by atoms with van der Waals surface area (Å²) in [6.45, 7) is 0.0681. The summed E-state index contributed by atoms with van der Waals surface area (Å²) in [5, 5.41) is 19.0. The topological polar surface area (TPSA) is 147 Å². The van der Waals surface area contributed by atoms with Gasteiger partial charge in [0.2, 0.25) is 0 Å². The molecule has 2 aliphatic carbocycles. The first-order chi connectivity index (χ1) is 25.1. The quantitative estimate of drug-likeness (QED) is 0.0654. The van der Waals surface area contributed by atoms with E-state index in [1.165, 1.54) is 26.2 Å². The van der Waals surface area contributed by atoms with Gasteiger partial charge in [0.1, 0.15) is 11.6 Å². The van der Waals surface area contributed by atoms with Crippen molar-refractivity contribution in [1.29, 1.82) is 5.31 Å². The number of carbonyl (C=O) groups is 2. The van der Waals surface area contributed by atoms with Crippen molar-refractivity contribution >= 4 is 48.9 Å². The predicted octanol–water partition coefficient (Wildman–Crippen LogP) is 8.64. The van der Waals surface area contributed by atoms with E-state index in [1.807, 2.05) is 36.4 Å². The van der Waals surface area contributed by atoms with Gasteiger partial charge in [0.05, 0.1) is 14.2 Å². The van der Waals surface area contributed by atoms with E-state index in [4.69, 9.17) is 48.5 Å². The van der Waals surface area contributed by atoms with Crippen LogP contribution in [0.3, 0.4) is 0 Å². The number of nitrogens with one attached hydrogen (secondary N) is 1. The van der Waals surface area contributed by atoms with E-state index in [-0.39, 0.29) is 20.5 Å². The van der Waals surface area contributed by atoms with Gasteiger partial charge in [0.15, 0.2) is 5.54 Å². The van der Waals surface area contributed by atoms with Crippen molar-refractivity contribution in [3.8, 4) is 0 Å². The molecule has 12 heteroatoms. The molecule has 3 aromatic carbocycles. The van der Waals surface area contributed by atoms with E-state index >= 15 is 0 Å². The third-order valence-corrected chi connectivity index (χ3v) is 9.43. The molecule has 5 rings (SSSR count). The van der Waals surface area contributed by atoms with Crippen LogP contribution in [0.1, 0.15) is 88.3 Å². The summed E-state index contributed by atoms with van der Waals surface area (Å²) in [6, 6.07) is 23.3. The minimum absolute atomic E-state index is 0. The summed E-state index contributed by atoms with van der Waals surface area (Å²) in [5.74, 6) is -1.04. The summed E-state index contributed by atoms with van der Waals surface area (Å²) in [6.07, 6.45) is 12.6. The van der Waals surface area contributed by atoms with Gasteiger partial charge in [-0.2, -0.15) is 0 Å². The Morgan fingerprint density at radius 1 is 0.792 bits per heavy atom. The molecule has 3 N–H and O–H groups in total. The van der Waals surface area contributed by atoms with E-state index in [9.17, 15) is 14.7 Å². The molecule has 0 spiro atoms. The van der Waals surface area contributed by atoms with Crippen LogP contribution in [0.25, 0.3) is 0 Å². The average Bonchev–Trinajstić information content (AvgIpc) is 3.18. The Bertz CT molecular complexity index is 1720. The molecule has 2 atom stereocenters. The van der Waals surface area contributed by atoms with Gasteiger partial charge in [0, 0.05) is 29.5 Å². The first-order valence-electron chi connectivity index (χ1n) is 17.2. The molecule has 53 heavy (non-hydrogen) atoms. The van der Waals surface area contributed by atoms with Crippen LogP contribution in [0, 0.1) is 5.31 Å². The summed E-state index contributed by atoms with van der Waals surface area (Å²) in [4.78, 5) is 29.5. The molecule has 3 aromatic rings. The molecule has 0 fully saturated rings. The molecule has 0 aromatic heterocycles. The molecular weight excluding hydrogens is 712 g/mol. The molecule has 0 saturated carbocycles. The third-order valence-electron chi connectivity index (χ3n) is 8.96. The van der Waals surface area contributed by atoms with Crippen LogP contribution in [0.5, 0.6) is 0 Å². The van der Waals surface area contributed by atoms with Gasteiger partial charge in [-0.3, -0.25) is 0 Å². The standard InChI is InChI=1S/C24H26ClNO4.C16H20ClNO2.CH4.BHN/c1-29-22(27)24(16-18-9-4-2-5-10-18,20-13-8-14-21(25)15-20)26-23(28)30-17-19-11-6-3-7-12-19;1-20-15(19)16(18,11-12-6-3-2-4-7-12)13-8-5-9-14(17)10-13;;1-2/h3,6-9,11-15H,2,4-5,10,16-17H2,1H3,(H,26,28);5-6,8-10H,2-4,7,11,18H2,1H3;1H4;2H/p-1. The van der Waals surface area contributed by atoms with Crippen LogP contribution in [-0.2, 0) is 41.5 Å². The first kappa shape index (κ1) is 44.9. The summed E-state index contributed by atoms with van der Waals surface area (Å²) in [5.41, 5.74) is 8.03. The van der Waals surface area contributed by atoms with Gasteiger partial charge >= 0.3 is 24.9 Å². The van der Waals surface area contributed by atoms with Crippen LogP contribution in [0.15, 0.2) is 107 Å². The Kier molecular flexibility index (Phi) is 19.3. The minimum atomic E-state index is -1.55. The molecule has 2 unspecified atom stereocenters.